The molecule has 21 heavy (non-hydrogen) atoms. The number of ether oxygens (including phenoxy) is 2. The van der Waals surface area contributed by atoms with Crippen LogP contribution in [0.2, 0.25) is 5.02 Å². The predicted molar refractivity (Wildman–Crippen MR) is 84.9 cm³/mol. The molecule has 0 radical (unpaired) electrons. The molecule has 1 N–H and O–H groups in total. The molecular weight excluding hydrogens is 290 g/mol. The van der Waals surface area contributed by atoms with Gasteiger partial charge in [-0.2, -0.15) is 0 Å². The van der Waals surface area contributed by atoms with Crippen LogP contribution in [0.1, 0.15) is 33.6 Å². The second-order valence-electron chi connectivity index (χ2n) is 5.04. The summed E-state index contributed by atoms with van der Waals surface area (Å²) in [6, 6.07) is 7.06. The van der Waals surface area contributed by atoms with Crippen molar-refractivity contribution in [3.63, 3.8) is 0 Å². The van der Waals surface area contributed by atoms with Gasteiger partial charge in [-0.1, -0.05) is 24.6 Å². The minimum absolute atomic E-state index is 0.109. The van der Waals surface area contributed by atoms with Crippen LogP contribution in [-0.4, -0.2) is 31.3 Å². The lowest BCUT2D eigenvalue weighted by molar-refractivity contribution is -0.128. The summed E-state index contributed by atoms with van der Waals surface area (Å²) in [4.78, 5) is 12.1. The third-order valence-electron chi connectivity index (χ3n) is 2.81. The maximum atomic E-state index is 12.1. The molecule has 1 aromatic carbocycles. The first kappa shape index (κ1) is 17.8. The second-order valence-corrected chi connectivity index (χ2v) is 5.47. The summed E-state index contributed by atoms with van der Waals surface area (Å²) < 4.78 is 11.1. The van der Waals surface area contributed by atoms with Gasteiger partial charge in [0.15, 0.2) is 6.10 Å². The number of halogens is 1. The van der Waals surface area contributed by atoms with Gasteiger partial charge >= 0.3 is 0 Å². The zero-order valence-corrected chi connectivity index (χ0v) is 13.7. The van der Waals surface area contributed by atoms with E-state index in [-0.39, 0.29) is 12.0 Å². The second kappa shape index (κ2) is 9.64. The van der Waals surface area contributed by atoms with Crippen LogP contribution in [0.5, 0.6) is 5.75 Å². The summed E-state index contributed by atoms with van der Waals surface area (Å²) in [5.74, 6) is 0.495. The minimum Gasteiger partial charge on any atom is -0.481 e. The van der Waals surface area contributed by atoms with Gasteiger partial charge in [-0.05, 0) is 44.9 Å². The molecule has 0 saturated heterocycles. The van der Waals surface area contributed by atoms with Crippen molar-refractivity contribution in [2.45, 2.75) is 45.8 Å². The summed E-state index contributed by atoms with van der Waals surface area (Å²) in [5, 5.41) is 3.46. The minimum atomic E-state index is -0.505. The van der Waals surface area contributed by atoms with E-state index in [4.69, 9.17) is 21.1 Å². The van der Waals surface area contributed by atoms with Crippen molar-refractivity contribution in [2.75, 3.05) is 13.2 Å². The number of amides is 1. The monoisotopic (exact) mass is 313 g/mol. The van der Waals surface area contributed by atoms with Gasteiger partial charge in [0.05, 0.1) is 6.10 Å². The SMILES string of the molecule is CCC(Oc1cccc(Cl)c1)C(=O)NCCCOC(C)C. The summed E-state index contributed by atoms with van der Waals surface area (Å²) >= 11 is 5.90. The van der Waals surface area contributed by atoms with Crippen LogP contribution in [0.25, 0.3) is 0 Å². The molecular formula is C16H24ClNO3. The highest BCUT2D eigenvalue weighted by Crippen LogP contribution is 2.19. The molecule has 0 aliphatic carbocycles. The molecule has 0 heterocycles. The molecule has 4 nitrogen and oxygen atoms in total. The Kier molecular flexibility index (Phi) is 8.16. The third-order valence-corrected chi connectivity index (χ3v) is 3.04. The molecule has 1 aromatic rings. The zero-order valence-electron chi connectivity index (χ0n) is 12.9. The average molecular weight is 314 g/mol. The van der Waals surface area contributed by atoms with Crippen LogP contribution < -0.4 is 10.1 Å². The van der Waals surface area contributed by atoms with Crippen molar-refractivity contribution in [3.05, 3.63) is 29.3 Å². The highest BCUT2D eigenvalue weighted by atomic mass is 35.5. The Balaban J connectivity index is 2.36. The van der Waals surface area contributed by atoms with E-state index in [1.807, 2.05) is 20.8 Å². The van der Waals surface area contributed by atoms with Crippen LogP contribution in [0, 0.1) is 0 Å². The lowest BCUT2D eigenvalue weighted by Gasteiger charge is -2.17. The predicted octanol–water partition coefficient (Wildman–Crippen LogP) is 3.43. The number of benzene rings is 1. The fourth-order valence-electron chi connectivity index (χ4n) is 1.74. The molecule has 1 atom stereocenters. The van der Waals surface area contributed by atoms with Gasteiger partial charge in [0.2, 0.25) is 0 Å². The molecule has 5 heteroatoms. The normalized spacial score (nSPS) is 12.2. The fraction of sp³-hybridized carbons (Fsp3) is 0.562. The first-order chi connectivity index (χ1) is 10.0. The molecule has 0 aromatic heterocycles. The van der Waals surface area contributed by atoms with Crippen LogP contribution in [0.4, 0.5) is 0 Å². The van der Waals surface area contributed by atoms with Gasteiger partial charge in [0.25, 0.3) is 5.91 Å². The molecule has 0 fully saturated rings. The molecule has 118 valence electrons. The standard InChI is InChI=1S/C16H24ClNO3/c1-4-15(21-14-8-5-7-13(17)11-14)16(19)18-9-6-10-20-12(2)3/h5,7-8,11-12,15H,4,6,9-10H2,1-3H3,(H,18,19). The molecule has 1 rings (SSSR count). The maximum absolute atomic E-state index is 12.1. The third kappa shape index (κ3) is 7.34. The van der Waals surface area contributed by atoms with Gasteiger partial charge in [-0.25, -0.2) is 0 Å². The molecule has 0 spiro atoms. The van der Waals surface area contributed by atoms with E-state index in [0.717, 1.165) is 6.42 Å². The lowest BCUT2D eigenvalue weighted by atomic mass is 10.2. The van der Waals surface area contributed by atoms with Crippen molar-refractivity contribution in [2.24, 2.45) is 0 Å². The highest BCUT2D eigenvalue weighted by Gasteiger charge is 2.17. The number of rotatable bonds is 9. The molecule has 0 bridgehead atoms. The number of carbonyl (C=O) groups is 1. The summed E-state index contributed by atoms with van der Waals surface area (Å²) in [7, 11) is 0. The van der Waals surface area contributed by atoms with E-state index in [9.17, 15) is 4.79 Å². The topological polar surface area (TPSA) is 47.6 Å². The van der Waals surface area contributed by atoms with Crippen LogP contribution in [0.15, 0.2) is 24.3 Å². The quantitative estimate of drug-likeness (QED) is 0.711. The van der Waals surface area contributed by atoms with Gasteiger partial charge in [-0.3, -0.25) is 4.79 Å². The Morgan fingerprint density at radius 2 is 2.14 bits per heavy atom. The maximum Gasteiger partial charge on any atom is 0.261 e. The highest BCUT2D eigenvalue weighted by molar-refractivity contribution is 6.30. The fourth-order valence-corrected chi connectivity index (χ4v) is 1.92. The molecule has 0 aliphatic heterocycles. The number of hydrogen-bond donors (Lipinski definition) is 1. The first-order valence-electron chi connectivity index (χ1n) is 7.34. The number of carbonyl (C=O) groups excluding carboxylic acids is 1. The molecule has 0 aliphatic rings. The van der Waals surface area contributed by atoms with Crippen molar-refractivity contribution in [1.29, 1.82) is 0 Å². The lowest BCUT2D eigenvalue weighted by Crippen LogP contribution is -2.38. The van der Waals surface area contributed by atoms with E-state index in [0.29, 0.717) is 30.3 Å². The van der Waals surface area contributed by atoms with Gasteiger partial charge in [-0.15, -0.1) is 0 Å². The Bertz CT molecular complexity index is 437. The van der Waals surface area contributed by atoms with Gasteiger partial charge < -0.3 is 14.8 Å². The van der Waals surface area contributed by atoms with Crippen LogP contribution >= 0.6 is 11.6 Å². The van der Waals surface area contributed by atoms with Crippen LogP contribution in [-0.2, 0) is 9.53 Å². The molecule has 1 amide bonds. The smallest absolute Gasteiger partial charge is 0.261 e. The summed E-state index contributed by atoms with van der Waals surface area (Å²) in [6.07, 6.45) is 1.10. The molecule has 0 saturated carbocycles. The van der Waals surface area contributed by atoms with E-state index in [1.165, 1.54) is 0 Å². The largest absolute Gasteiger partial charge is 0.481 e. The van der Waals surface area contributed by atoms with E-state index >= 15 is 0 Å². The Morgan fingerprint density at radius 3 is 2.76 bits per heavy atom. The van der Waals surface area contributed by atoms with E-state index in [1.54, 1.807) is 24.3 Å². The Hall–Kier alpha value is -1.26. The Morgan fingerprint density at radius 1 is 1.38 bits per heavy atom. The van der Waals surface area contributed by atoms with Crippen LogP contribution in [0.3, 0.4) is 0 Å². The van der Waals surface area contributed by atoms with Gasteiger partial charge in [0, 0.05) is 18.2 Å². The van der Waals surface area contributed by atoms with Gasteiger partial charge in [0.1, 0.15) is 5.75 Å². The van der Waals surface area contributed by atoms with Crippen molar-refractivity contribution in [1.82, 2.24) is 5.32 Å². The summed E-state index contributed by atoms with van der Waals surface area (Å²) in [5.41, 5.74) is 0. The zero-order chi connectivity index (χ0) is 15.7. The number of nitrogens with one attached hydrogen (secondary N) is 1. The number of hydrogen-bond acceptors (Lipinski definition) is 3. The van der Waals surface area contributed by atoms with Crippen molar-refractivity contribution >= 4 is 17.5 Å². The first-order valence-corrected chi connectivity index (χ1v) is 7.72. The Labute approximate surface area is 131 Å². The van der Waals surface area contributed by atoms with Crippen molar-refractivity contribution < 1.29 is 14.3 Å². The molecule has 1 unspecified atom stereocenters. The summed E-state index contributed by atoms with van der Waals surface area (Å²) in [6.45, 7) is 7.12. The van der Waals surface area contributed by atoms with Crippen molar-refractivity contribution in [3.8, 4) is 5.75 Å². The average Bonchev–Trinajstić information content (AvgIpc) is 2.44. The van der Waals surface area contributed by atoms with E-state index < -0.39 is 6.10 Å². The van der Waals surface area contributed by atoms with E-state index in [2.05, 4.69) is 5.32 Å².